The quantitative estimate of drug-likeness (QED) is 0.704. The number of sulfonamides is 1. The second kappa shape index (κ2) is 5.98. The average molecular weight is 346 g/mol. The molecular formula is C15H26N2O5S. The summed E-state index contributed by atoms with van der Waals surface area (Å²) in [7, 11) is -1.83. The standard InChI is InChI=1S/C15H26N2O5S/c1-11(2)6-14(18)16-8-12-7-13-15(9-16,22-12)10-17(4-5-21-3)23(13,19)20/h11-13H,4-10H2,1-3H3/t12-,13+,15+/m1/s1. The van der Waals surface area contributed by atoms with Crippen LogP contribution >= 0.6 is 0 Å². The van der Waals surface area contributed by atoms with E-state index in [-0.39, 0.29) is 12.0 Å². The first kappa shape index (κ1) is 17.1. The molecule has 1 spiro atoms. The van der Waals surface area contributed by atoms with Gasteiger partial charge in [-0.25, -0.2) is 8.42 Å². The molecule has 0 aromatic carbocycles. The normalized spacial score (nSPS) is 35.7. The molecule has 3 rings (SSSR count). The van der Waals surface area contributed by atoms with Crippen molar-refractivity contribution < 1.29 is 22.7 Å². The van der Waals surface area contributed by atoms with E-state index < -0.39 is 20.9 Å². The number of carbonyl (C=O) groups is 1. The van der Waals surface area contributed by atoms with Crippen LogP contribution in [0.15, 0.2) is 0 Å². The molecule has 0 N–H and O–H groups in total. The summed E-state index contributed by atoms with van der Waals surface area (Å²) >= 11 is 0. The Morgan fingerprint density at radius 2 is 2.13 bits per heavy atom. The van der Waals surface area contributed by atoms with Crippen molar-refractivity contribution in [3.05, 3.63) is 0 Å². The SMILES string of the molecule is COCCN1C[C@@]23CN(C(=O)CC(C)C)C[C@@H](C[C@@H]2S1(=O)=O)O3. The van der Waals surface area contributed by atoms with E-state index in [0.717, 1.165) is 0 Å². The Morgan fingerprint density at radius 3 is 2.78 bits per heavy atom. The lowest BCUT2D eigenvalue weighted by Crippen LogP contribution is -2.56. The Labute approximate surface area is 138 Å². The van der Waals surface area contributed by atoms with Gasteiger partial charge in [-0.2, -0.15) is 4.31 Å². The summed E-state index contributed by atoms with van der Waals surface area (Å²) in [6, 6.07) is 0. The molecule has 7 nitrogen and oxygen atoms in total. The molecule has 23 heavy (non-hydrogen) atoms. The number of methoxy groups -OCH3 is 1. The molecule has 2 bridgehead atoms. The Bertz CT molecular complexity index is 578. The number of hydrogen-bond acceptors (Lipinski definition) is 5. The van der Waals surface area contributed by atoms with Crippen LogP contribution in [-0.2, 0) is 24.3 Å². The zero-order chi connectivity index (χ0) is 16.8. The van der Waals surface area contributed by atoms with Gasteiger partial charge in [0.2, 0.25) is 15.9 Å². The van der Waals surface area contributed by atoms with Crippen molar-refractivity contribution in [1.29, 1.82) is 0 Å². The van der Waals surface area contributed by atoms with E-state index in [1.165, 1.54) is 4.31 Å². The zero-order valence-corrected chi connectivity index (χ0v) is 14.8. The monoisotopic (exact) mass is 346 g/mol. The fraction of sp³-hybridized carbons (Fsp3) is 0.933. The molecule has 3 heterocycles. The first-order valence-corrected chi connectivity index (χ1v) is 9.72. The van der Waals surface area contributed by atoms with Gasteiger partial charge in [-0.1, -0.05) is 13.8 Å². The molecule has 0 aromatic rings. The number of fused-ring (bicyclic) bond motifs is 1. The van der Waals surface area contributed by atoms with Crippen LogP contribution in [0.25, 0.3) is 0 Å². The van der Waals surface area contributed by atoms with Gasteiger partial charge in [0.25, 0.3) is 0 Å². The van der Waals surface area contributed by atoms with E-state index in [0.29, 0.717) is 51.5 Å². The third-order valence-electron chi connectivity index (χ3n) is 4.99. The minimum absolute atomic E-state index is 0.0982. The van der Waals surface area contributed by atoms with Gasteiger partial charge in [0, 0.05) is 33.2 Å². The molecular weight excluding hydrogens is 320 g/mol. The highest BCUT2D eigenvalue weighted by Gasteiger charge is 2.65. The maximum absolute atomic E-state index is 12.8. The molecule has 0 aromatic heterocycles. The smallest absolute Gasteiger partial charge is 0.223 e. The number of rotatable bonds is 5. The fourth-order valence-corrected chi connectivity index (χ4v) is 6.30. The van der Waals surface area contributed by atoms with Crippen LogP contribution in [0.1, 0.15) is 26.7 Å². The molecule has 0 saturated carbocycles. The molecule has 0 aliphatic carbocycles. The lowest BCUT2D eigenvalue weighted by molar-refractivity contribution is -0.151. The summed E-state index contributed by atoms with van der Waals surface area (Å²) in [4.78, 5) is 14.2. The van der Waals surface area contributed by atoms with Gasteiger partial charge in [-0.05, 0) is 12.3 Å². The molecule has 3 aliphatic rings. The van der Waals surface area contributed by atoms with Crippen molar-refractivity contribution in [3.8, 4) is 0 Å². The number of carbonyl (C=O) groups excluding carboxylic acids is 1. The lowest BCUT2D eigenvalue weighted by Gasteiger charge is -2.39. The van der Waals surface area contributed by atoms with Crippen molar-refractivity contribution in [3.63, 3.8) is 0 Å². The predicted molar refractivity (Wildman–Crippen MR) is 84.4 cm³/mol. The highest BCUT2D eigenvalue weighted by molar-refractivity contribution is 7.90. The number of hydrogen-bond donors (Lipinski definition) is 0. The topological polar surface area (TPSA) is 76.2 Å². The average Bonchev–Trinajstić information content (AvgIpc) is 2.83. The maximum Gasteiger partial charge on any atom is 0.223 e. The molecule has 3 aliphatic heterocycles. The van der Waals surface area contributed by atoms with Crippen molar-refractivity contribution in [2.24, 2.45) is 5.92 Å². The first-order chi connectivity index (χ1) is 10.8. The highest BCUT2D eigenvalue weighted by Crippen LogP contribution is 2.46. The van der Waals surface area contributed by atoms with Crippen LogP contribution in [-0.4, -0.2) is 80.4 Å². The van der Waals surface area contributed by atoms with Gasteiger partial charge in [0.15, 0.2) is 0 Å². The van der Waals surface area contributed by atoms with Crippen LogP contribution in [0.3, 0.4) is 0 Å². The second-order valence-electron chi connectivity index (χ2n) is 7.27. The minimum Gasteiger partial charge on any atom is -0.383 e. The molecule has 0 radical (unpaired) electrons. The van der Waals surface area contributed by atoms with Crippen molar-refractivity contribution >= 4 is 15.9 Å². The summed E-state index contributed by atoms with van der Waals surface area (Å²) in [6.45, 7) is 5.94. The van der Waals surface area contributed by atoms with Crippen LogP contribution < -0.4 is 0 Å². The number of morpholine rings is 1. The maximum atomic E-state index is 12.8. The summed E-state index contributed by atoms with van der Waals surface area (Å²) in [5, 5.41) is -0.534. The van der Waals surface area contributed by atoms with Gasteiger partial charge < -0.3 is 14.4 Å². The predicted octanol–water partition coefficient (Wildman–Crippen LogP) is 0.0628. The van der Waals surface area contributed by atoms with E-state index in [9.17, 15) is 13.2 Å². The summed E-state index contributed by atoms with van der Waals surface area (Å²) in [5.74, 6) is 0.392. The fourth-order valence-electron chi connectivity index (χ4n) is 4.01. The molecule has 3 atom stereocenters. The first-order valence-electron chi connectivity index (χ1n) is 8.22. The third kappa shape index (κ3) is 2.90. The molecule has 0 unspecified atom stereocenters. The molecule has 1 amide bonds. The lowest BCUT2D eigenvalue weighted by atomic mass is 9.99. The van der Waals surface area contributed by atoms with Gasteiger partial charge in [0.05, 0.1) is 19.3 Å². The molecule has 8 heteroatoms. The number of amides is 1. The van der Waals surface area contributed by atoms with E-state index in [1.807, 2.05) is 18.7 Å². The van der Waals surface area contributed by atoms with Gasteiger partial charge >= 0.3 is 0 Å². The van der Waals surface area contributed by atoms with E-state index in [1.54, 1.807) is 7.11 Å². The van der Waals surface area contributed by atoms with Gasteiger partial charge in [-0.3, -0.25) is 4.79 Å². The van der Waals surface area contributed by atoms with Gasteiger partial charge in [-0.15, -0.1) is 0 Å². The highest BCUT2D eigenvalue weighted by atomic mass is 32.2. The van der Waals surface area contributed by atoms with E-state index >= 15 is 0 Å². The van der Waals surface area contributed by atoms with Gasteiger partial charge in [0.1, 0.15) is 10.9 Å². The Morgan fingerprint density at radius 1 is 1.39 bits per heavy atom. The number of nitrogens with zero attached hydrogens (tertiary/aromatic N) is 2. The Hall–Kier alpha value is -0.700. The largest absolute Gasteiger partial charge is 0.383 e. The van der Waals surface area contributed by atoms with Crippen molar-refractivity contribution in [1.82, 2.24) is 9.21 Å². The van der Waals surface area contributed by atoms with Crippen LogP contribution in [0, 0.1) is 5.92 Å². The van der Waals surface area contributed by atoms with Crippen LogP contribution in [0.2, 0.25) is 0 Å². The van der Waals surface area contributed by atoms with E-state index in [2.05, 4.69) is 0 Å². The minimum atomic E-state index is -3.38. The van der Waals surface area contributed by atoms with Crippen molar-refractivity contribution in [2.45, 2.75) is 43.6 Å². The van der Waals surface area contributed by atoms with Crippen LogP contribution in [0.4, 0.5) is 0 Å². The summed E-state index contributed by atoms with van der Waals surface area (Å²) in [6.07, 6.45) is 0.814. The van der Waals surface area contributed by atoms with Crippen LogP contribution in [0.5, 0.6) is 0 Å². The molecule has 3 fully saturated rings. The Balaban J connectivity index is 1.79. The second-order valence-corrected chi connectivity index (χ2v) is 9.39. The summed E-state index contributed by atoms with van der Waals surface area (Å²) in [5.41, 5.74) is -0.762. The Kier molecular flexibility index (Phi) is 4.46. The number of likely N-dealkylation sites (tertiary alicyclic amines) is 1. The molecule has 3 saturated heterocycles. The summed E-state index contributed by atoms with van der Waals surface area (Å²) < 4.78 is 38.1. The van der Waals surface area contributed by atoms with Crippen molar-refractivity contribution in [2.75, 3.05) is 39.9 Å². The third-order valence-corrected chi connectivity index (χ3v) is 7.36. The number of ether oxygens (including phenoxy) is 2. The zero-order valence-electron chi connectivity index (χ0n) is 14.0. The molecule has 132 valence electrons. The van der Waals surface area contributed by atoms with E-state index in [4.69, 9.17) is 9.47 Å².